The number of nitrogens with zero attached hydrogens (tertiary/aromatic N) is 3. The summed E-state index contributed by atoms with van der Waals surface area (Å²) in [6.45, 7) is -0.716. The molecule has 0 amide bonds. The molecule has 0 saturated carbocycles. The number of aliphatic imine (C=N–C) groups is 1. The molecule has 0 aliphatic rings. The highest BCUT2D eigenvalue weighted by atomic mass is 19.4. The molecule has 0 bridgehead atoms. The molecule has 0 aliphatic carbocycles. The summed E-state index contributed by atoms with van der Waals surface area (Å²) in [6.07, 6.45) is -0.621. The Morgan fingerprint density at radius 3 is 2.71 bits per heavy atom. The highest BCUT2D eigenvalue weighted by Gasteiger charge is 2.26. The lowest BCUT2D eigenvalue weighted by Gasteiger charge is -2.05. The van der Waals surface area contributed by atoms with Crippen LogP contribution in [-0.2, 0) is 6.54 Å². The lowest BCUT2D eigenvalue weighted by Crippen LogP contribution is -2.25. The van der Waals surface area contributed by atoms with Crippen LogP contribution in [0, 0.1) is 5.41 Å². The van der Waals surface area contributed by atoms with Crippen LogP contribution in [0.25, 0.3) is 0 Å². The molecule has 1 aromatic rings. The SMILES string of the molecule is N=C(N)CCCCn1ccc(NC(N)=NCC(F)(F)F)n1. The number of aryl methyl sites for hydroxylation is 1. The maximum absolute atomic E-state index is 12.0. The van der Waals surface area contributed by atoms with Crippen molar-refractivity contribution in [2.45, 2.75) is 32.0 Å². The number of anilines is 1. The van der Waals surface area contributed by atoms with Crippen LogP contribution in [-0.4, -0.2) is 34.3 Å². The molecule has 0 aromatic carbocycles. The number of hydrogen-bond donors (Lipinski definition) is 4. The van der Waals surface area contributed by atoms with E-state index < -0.39 is 12.7 Å². The Kier molecular flexibility index (Phi) is 6.00. The van der Waals surface area contributed by atoms with E-state index in [0.717, 1.165) is 12.8 Å². The fraction of sp³-hybridized carbons (Fsp3) is 0.545. The number of aromatic nitrogens is 2. The molecule has 0 spiro atoms. The van der Waals surface area contributed by atoms with Gasteiger partial charge in [0, 0.05) is 25.2 Å². The number of unbranched alkanes of at least 4 members (excludes halogenated alkanes) is 1. The minimum absolute atomic E-state index is 0.145. The van der Waals surface area contributed by atoms with Crippen LogP contribution in [0.15, 0.2) is 17.3 Å². The predicted molar refractivity (Wildman–Crippen MR) is 74.2 cm³/mol. The summed E-state index contributed by atoms with van der Waals surface area (Å²) in [6, 6.07) is 1.58. The highest BCUT2D eigenvalue weighted by molar-refractivity contribution is 5.91. The van der Waals surface area contributed by atoms with Crippen LogP contribution < -0.4 is 16.8 Å². The molecule has 6 N–H and O–H groups in total. The van der Waals surface area contributed by atoms with Gasteiger partial charge in [0.2, 0.25) is 0 Å². The monoisotopic (exact) mass is 305 g/mol. The van der Waals surface area contributed by atoms with Crippen molar-refractivity contribution in [2.24, 2.45) is 16.5 Å². The van der Waals surface area contributed by atoms with Crippen LogP contribution in [0.5, 0.6) is 0 Å². The third-order valence-electron chi connectivity index (χ3n) is 2.41. The fourth-order valence-corrected chi connectivity index (χ4v) is 1.49. The Morgan fingerprint density at radius 2 is 2.10 bits per heavy atom. The van der Waals surface area contributed by atoms with Gasteiger partial charge in [-0.25, -0.2) is 4.99 Å². The van der Waals surface area contributed by atoms with Gasteiger partial charge in [-0.3, -0.25) is 10.1 Å². The molecule has 0 fully saturated rings. The molecule has 21 heavy (non-hydrogen) atoms. The van der Waals surface area contributed by atoms with E-state index in [1.54, 1.807) is 16.9 Å². The quantitative estimate of drug-likeness (QED) is 0.345. The van der Waals surface area contributed by atoms with Gasteiger partial charge >= 0.3 is 6.18 Å². The average Bonchev–Trinajstić information content (AvgIpc) is 2.79. The van der Waals surface area contributed by atoms with Crippen LogP contribution in [0.3, 0.4) is 0 Å². The zero-order valence-electron chi connectivity index (χ0n) is 11.3. The van der Waals surface area contributed by atoms with Crippen molar-refractivity contribution < 1.29 is 13.2 Å². The van der Waals surface area contributed by atoms with Crippen LogP contribution in [0.4, 0.5) is 19.0 Å². The number of halogens is 3. The van der Waals surface area contributed by atoms with Crippen LogP contribution >= 0.6 is 0 Å². The number of alkyl halides is 3. The van der Waals surface area contributed by atoms with Crippen molar-refractivity contribution in [1.82, 2.24) is 9.78 Å². The molecule has 7 nitrogen and oxygen atoms in total. The number of rotatable bonds is 7. The van der Waals surface area contributed by atoms with Gasteiger partial charge < -0.3 is 16.8 Å². The minimum atomic E-state index is -4.39. The summed E-state index contributed by atoms with van der Waals surface area (Å²) in [5.41, 5.74) is 10.6. The summed E-state index contributed by atoms with van der Waals surface area (Å²) in [5, 5.41) is 13.7. The molecule has 1 rings (SSSR count). The van der Waals surface area contributed by atoms with Gasteiger partial charge in [-0.15, -0.1) is 0 Å². The van der Waals surface area contributed by atoms with E-state index in [1.807, 2.05) is 0 Å². The van der Waals surface area contributed by atoms with E-state index in [-0.39, 0.29) is 11.8 Å². The first-order chi connectivity index (χ1) is 9.76. The summed E-state index contributed by atoms with van der Waals surface area (Å²) in [5.74, 6) is 0.130. The third kappa shape index (κ3) is 7.80. The average molecular weight is 305 g/mol. The standard InChI is InChI=1S/C11H18F3N7/c12-11(13,14)7-18-10(17)19-9-4-6-21(20-9)5-2-1-3-8(15)16/h4,6H,1-3,5,7H2,(H3,15,16)(H3,17,18,19,20). The van der Waals surface area contributed by atoms with E-state index in [1.165, 1.54) is 0 Å². The number of nitrogens with two attached hydrogens (primary N) is 2. The fourth-order valence-electron chi connectivity index (χ4n) is 1.49. The van der Waals surface area contributed by atoms with E-state index in [4.69, 9.17) is 16.9 Å². The Morgan fingerprint density at radius 1 is 1.38 bits per heavy atom. The van der Waals surface area contributed by atoms with Gasteiger partial charge in [0.05, 0.1) is 5.84 Å². The summed E-state index contributed by atoms with van der Waals surface area (Å²) in [7, 11) is 0. The van der Waals surface area contributed by atoms with Gasteiger partial charge in [-0.1, -0.05) is 0 Å². The van der Waals surface area contributed by atoms with E-state index >= 15 is 0 Å². The highest BCUT2D eigenvalue weighted by Crippen LogP contribution is 2.14. The summed E-state index contributed by atoms with van der Waals surface area (Å²) in [4.78, 5) is 3.17. The molecule has 10 heteroatoms. The largest absolute Gasteiger partial charge is 0.408 e. The zero-order valence-corrected chi connectivity index (χ0v) is 11.3. The number of hydrogen-bond acceptors (Lipinski definition) is 3. The van der Waals surface area contributed by atoms with Gasteiger partial charge in [-0.05, 0) is 12.8 Å². The number of amidine groups is 1. The Bertz CT molecular complexity index is 492. The second kappa shape index (κ2) is 7.50. The molecule has 0 aliphatic heterocycles. The van der Waals surface area contributed by atoms with Gasteiger partial charge in [0.1, 0.15) is 6.54 Å². The van der Waals surface area contributed by atoms with E-state index in [9.17, 15) is 13.2 Å². The van der Waals surface area contributed by atoms with Crippen LogP contribution in [0.2, 0.25) is 0 Å². The second-order valence-electron chi connectivity index (χ2n) is 4.39. The minimum Gasteiger partial charge on any atom is -0.388 e. The Labute approximate surface area is 119 Å². The van der Waals surface area contributed by atoms with E-state index in [0.29, 0.717) is 18.8 Å². The lowest BCUT2D eigenvalue weighted by atomic mass is 10.2. The third-order valence-corrected chi connectivity index (χ3v) is 2.41. The smallest absolute Gasteiger partial charge is 0.388 e. The van der Waals surface area contributed by atoms with Gasteiger partial charge in [0.15, 0.2) is 11.8 Å². The summed E-state index contributed by atoms with van der Waals surface area (Å²) >= 11 is 0. The summed E-state index contributed by atoms with van der Waals surface area (Å²) < 4.78 is 37.5. The number of nitrogens with one attached hydrogen (secondary N) is 2. The number of guanidine groups is 1. The maximum atomic E-state index is 12.0. The van der Waals surface area contributed by atoms with Crippen molar-refractivity contribution in [1.29, 1.82) is 5.41 Å². The molecule has 0 saturated heterocycles. The zero-order chi connectivity index (χ0) is 15.9. The van der Waals surface area contributed by atoms with Crippen molar-refractivity contribution in [2.75, 3.05) is 11.9 Å². The Balaban J connectivity index is 2.39. The molecule has 1 heterocycles. The molecule has 118 valence electrons. The molecule has 0 atom stereocenters. The molecule has 0 unspecified atom stereocenters. The van der Waals surface area contributed by atoms with Crippen molar-refractivity contribution in [3.8, 4) is 0 Å². The second-order valence-corrected chi connectivity index (χ2v) is 4.39. The predicted octanol–water partition coefficient (Wildman–Crippen LogP) is 1.28. The van der Waals surface area contributed by atoms with Crippen LogP contribution in [0.1, 0.15) is 19.3 Å². The molecule has 1 aromatic heterocycles. The molecular weight excluding hydrogens is 287 g/mol. The van der Waals surface area contributed by atoms with Crippen molar-refractivity contribution in [3.63, 3.8) is 0 Å². The van der Waals surface area contributed by atoms with Gasteiger partial charge in [-0.2, -0.15) is 18.3 Å². The normalized spacial score (nSPS) is 12.4. The lowest BCUT2D eigenvalue weighted by molar-refractivity contribution is -0.118. The van der Waals surface area contributed by atoms with E-state index in [2.05, 4.69) is 15.4 Å². The topological polar surface area (TPSA) is 118 Å². The maximum Gasteiger partial charge on any atom is 0.408 e. The molecule has 0 radical (unpaired) electrons. The van der Waals surface area contributed by atoms with Gasteiger partial charge in [0.25, 0.3) is 0 Å². The molecular formula is C11H18F3N7. The first-order valence-electron chi connectivity index (χ1n) is 6.26. The first-order valence-corrected chi connectivity index (χ1v) is 6.26. The van der Waals surface area contributed by atoms with Crippen molar-refractivity contribution >= 4 is 17.6 Å². The Hall–Kier alpha value is -2.26. The first kappa shape index (κ1) is 16.8. The van der Waals surface area contributed by atoms with Crippen molar-refractivity contribution in [3.05, 3.63) is 12.3 Å².